The van der Waals surface area contributed by atoms with E-state index in [1.165, 1.54) is 6.07 Å². The fourth-order valence-electron chi connectivity index (χ4n) is 2.50. The highest BCUT2D eigenvalue weighted by molar-refractivity contribution is 5.82. The van der Waals surface area contributed by atoms with Crippen LogP contribution < -0.4 is 15.7 Å². The average molecular weight is 317 g/mol. The minimum atomic E-state index is -0.377. The number of nitrogens with one attached hydrogen (secondary N) is 1. The second-order valence-corrected chi connectivity index (χ2v) is 5.47. The zero-order chi connectivity index (χ0) is 16.8. The van der Waals surface area contributed by atoms with E-state index < -0.39 is 0 Å². The van der Waals surface area contributed by atoms with Gasteiger partial charge in [0, 0.05) is 23.6 Å². The predicted octanol–water partition coefficient (Wildman–Crippen LogP) is 3.04. The molecule has 1 amide bonds. The van der Waals surface area contributed by atoms with Gasteiger partial charge in [-0.15, -0.1) is 0 Å². The van der Waals surface area contributed by atoms with Gasteiger partial charge in [-0.05, 0) is 37.0 Å². The van der Waals surface area contributed by atoms with E-state index in [-0.39, 0.29) is 24.2 Å². The summed E-state index contributed by atoms with van der Waals surface area (Å²) in [6.45, 7) is 6.00. The predicted molar refractivity (Wildman–Crippen MR) is 89.9 cm³/mol. The van der Waals surface area contributed by atoms with Crippen LogP contribution >= 0.6 is 0 Å². The Kier molecular flexibility index (Phi) is 5.79. The SMILES string of the molecule is CCc1cc(=O)oc2cc(OCC(=O)NC(CC)CC)ccc12. The summed E-state index contributed by atoms with van der Waals surface area (Å²) in [6.07, 6.45) is 2.53. The third-order valence-electron chi connectivity index (χ3n) is 3.90. The molecule has 0 fully saturated rings. The Morgan fingerprint density at radius 3 is 2.61 bits per heavy atom. The van der Waals surface area contributed by atoms with Crippen LogP contribution in [0.15, 0.2) is 33.5 Å². The number of rotatable bonds is 7. The van der Waals surface area contributed by atoms with Gasteiger partial charge in [0.25, 0.3) is 5.91 Å². The molecule has 5 nitrogen and oxygen atoms in total. The van der Waals surface area contributed by atoms with E-state index in [4.69, 9.17) is 9.15 Å². The maximum atomic E-state index is 11.9. The van der Waals surface area contributed by atoms with Gasteiger partial charge in [0.1, 0.15) is 11.3 Å². The van der Waals surface area contributed by atoms with Gasteiger partial charge in [-0.1, -0.05) is 20.8 Å². The third-order valence-corrected chi connectivity index (χ3v) is 3.90. The highest BCUT2D eigenvalue weighted by atomic mass is 16.5. The summed E-state index contributed by atoms with van der Waals surface area (Å²) >= 11 is 0. The summed E-state index contributed by atoms with van der Waals surface area (Å²) in [6, 6.07) is 6.97. The number of aryl methyl sites for hydroxylation is 1. The molecule has 1 heterocycles. The van der Waals surface area contributed by atoms with Crippen molar-refractivity contribution in [2.75, 3.05) is 6.61 Å². The first-order valence-electron chi connectivity index (χ1n) is 8.06. The van der Waals surface area contributed by atoms with E-state index in [9.17, 15) is 9.59 Å². The smallest absolute Gasteiger partial charge is 0.336 e. The summed E-state index contributed by atoms with van der Waals surface area (Å²) in [4.78, 5) is 23.4. The molecule has 2 aromatic rings. The Morgan fingerprint density at radius 1 is 1.22 bits per heavy atom. The van der Waals surface area contributed by atoms with Gasteiger partial charge in [0.05, 0.1) is 0 Å². The van der Waals surface area contributed by atoms with Crippen molar-refractivity contribution in [2.45, 2.75) is 46.1 Å². The van der Waals surface area contributed by atoms with E-state index >= 15 is 0 Å². The van der Waals surface area contributed by atoms with E-state index in [1.54, 1.807) is 12.1 Å². The Labute approximate surface area is 135 Å². The largest absolute Gasteiger partial charge is 0.484 e. The van der Waals surface area contributed by atoms with Crippen LogP contribution in [0, 0.1) is 0 Å². The lowest BCUT2D eigenvalue weighted by molar-refractivity contribution is -0.123. The minimum absolute atomic E-state index is 0.0558. The van der Waals surface area contributed by atoms with Gasteiger partial charge in [-0.2, -0.15) is 0 Å². The number of fused-ring (bicyclic) bond motifs is 1. The first kappa shape index (κ1) is 17.1. The number of ether oxygens (including phenoxy) is 1. The summed E-state index contributed by atoms with van der Waals surface area (Å²) in [5.41, 5.74) is 1.04. The molecule has 0 bridgehead atoms. The zero-order valence-corrected chi connectivity index (χ0v) is 13.8. The van der Waals surface area contributed by atoms with Crippen molar-refractivity contribution in [3.8, 4) is 5.75 Å². The molecule has 1 N–H and O–H groups in total. The number of carbonyl (C=O) groups is 1. The van der Waals surface area contributed by atoms with Crippen LogP contribution in [0.1, 0.15) is 39.2 Å². The van der Waals surface area contributed by atoms with Crippen molar-refractivity contribution in [3.05, 3.63) is 40.2 Å². The second kappa shape index (κ2) is 7.81. The molecule has 1 aromatic carbocycles. The summed E-state index contributed by atoms with van der Waals surface area (Å²) < 4.78 is 10.7. The van der Waals surface area contributed by atoms with E-state index in [2.05, 4.69) is 5.32 Å². The van der Waals surface area contributed by atoms with Gasteiger partial charge < -0.3 is 14.5 Å². The van der Waals surface area contributed by atoms with Crippen LogP contribution in [0.3, 0.4) is 0 Å². The maximum absolute atomic E-state index is 11.9. The number of hydrogen-bond donors (Lipinski definition) is 1. The van der Waals surface area contributed by atoms with E-state index in [0.29, 0.717) is 11.3 Å². The fourth-order valence-corrected chi connectivity index (χ4v) is 2.50. The van der Waals surface area contributed by atoms with Crippen molar-refractivity contribution >= 4 is 16.9 Å². The molecule has 0 spiro atoms. The average Bonchev–Trinajstić information content (AvgIpc) is 2.56. The monoisotopic (exact) mass is 317 g/mol. The first-order valence-corrected chi connectivity index (χ1v) is 8.06. The lowest BCUT2D eigenvalue weighted by Gasteiger charge is -2.15. The lowest BCUT2D eigenvalue weighted by atomic mass is 10.1. The summed E-state index contributed by atoms with van der Waals surface area (Å²) in [5.74, 6) is 0.358. The van der Waals surface area contributed by atoms with Crippen LogP contribution in [0.25, 0.3) is 11.0 Å². The van der Waals surface area contributed by atoms with Crippen molar-refractivity contribution in [1.29, 1.82) is 0 Å². The van der Waals surface area contributed by atoms with Crippen LogP contribution in [-0.2, 0) is 11.2 Å². The molecule has 2 rings (SSSR count). The molecule has 5 heteroatoms. The lowest BCUT2D eigenvalue weighted by Crippen LogP contribution is -2.37. The molecule has 0 saturated carbocycles. The molecule has 0 aliphatic rings. The van der Waals surface area contributed by atoms with E-state index in [1.807, 2.05) is 26.8 Å². The highest BCUT2D eigenvalue weighted by Crippen LogP contribution is 2.23. The molecule has 124 valence electrons. The summed E-state index contributed by atoms with van der Waals surface area (Å²) in [5, 5.41) is 3.80. The molecule has 1 aromatic heterocycles. The third kappa shape index (κ3) is 4.34. The maximum Gasteiger partial charge on any atom is 0.336 e. The van der Waals surface area contributed by atoms with Crippen molar-refractivity contribution in [2.24, 2.45) is 0 Å². The molecular formula is C18H23NO4. The van der Waals surface area contributed by atoms with Crippen molar-refractivity contribution in [1.82, 2.24) is 5.32 Å². The first-order chi connectivity index (χ1) is 11.1. The molecule has 0 aliphatic carbocycles. The van der Waals surface area contributed by atoms with Crippen molar-refractivity contribution < 1.29 is 13.9 Å². The van der Waals surface area contributed by atoms with Gasteiger partial charge in [-0.25, -0.2) is 4.79 Å². The molecule has 0 radical (unpaired) electrons. The van der Waals surface area contributed by atoms with Crippen LogP contribution in [0.5, 0.6) is 5.75 Å². The van der Waals surface area contributed by atoms with Gasteiger partial charge >= 0.3 is 5.63 Å². The Balaban J connectivity index is 2.09. The fraction of sp³-hybridized carbons (Fsp3) is 0.444. The van der Waals surface area contributed by atoms with Gasteiger partial charge in [0.2, 0.25) is 0 Å². The van der Waals surface area contributed by atoms with Crippen LogP contribution in [0.4, 0.5) is 0 Å². The number of hydrogen-bond acceptors (Lipinski definition) is 4. The standard InChI is InChI=1S/C18H23NO4/c1-4-12-9-18(21)23-16-10-14(7-8-15(12)16)22-11-17(20)19-13(5-2)6-3/h7-10,13H,4-6,11H2,1-3H3,(H,19,20). The molecular weight excluding hydrogens is 294 g/mol. The van der Waals surface area contributed by atoms with Gasteiger partial charge in [0.15, 0.2) is 6.61 Å². The quantitative estimate of drug-likeness (QED) is 0.797. The Bertz CT molecular complexity index is 731. The number of amides is 1. The minimum Gasteiger partial charge on any atom is -0.484 e. The van der Waals surface area contributed by atoms with Crippen LogP contribution in [-0.4, -0.2) is 18.6 Å². The van der Waals surface area contributed by atoms with Gasteiger partial charge in [-0.3, -0.25) is 4.79 Å². The number of benzene rings is 1. The highest BCUT2D eigenvalue weighted by Gasteiger charge is 2.10. The Morgan fingerprint density at radius 2 is 1.96 bits per heavy atom. The van der Waals surface area contributed by atoms with Crippen LogP contribution in [0.2, 0.25) is 0 Å². The summed E-state index contributed by atoms with van der Waals surface area (Å²) in [7, 11) is 0. The molecule has 0 aliphatic heterocycles. The molecule has 0 unspecified atom stereocenters. The number of carbonyl (C=O) groups excluding carboxylic acids is 1. The Hall–Kier alpha value is -2.30. The molecule has 0 atom stereocenters. The molecule has 23 heavy (non-hydrogen) atoms. The normalized spacial score (nSPS) is 11.0. The topological polar surface area (TPSA) is 68.5 Å². The second-order valence-electron chi connectivity index (χ2n) is 5.47. The molecule has 0 saturated heterocycles. The van der Waals surface area contributed by atoms with E-state index in [0.717, 1.165) is 30.2 Å². The van der Waals surface area contributed by atoms with Crippen molar-refractivity contribution in [3.63, 3.8) is 0 Å². The zero-order valence-electron chi connectivity index (χ0n) is 13.8.